The fourth-order valence-electron chi connectivity index (χ4n) is 1.86. The smallest absolute Gasteiger partial charge is 0.338 e. The van der Waals surface area contributed by atoms with E-state index in [0.29, 0.717) is 0 Å². The molecule has 2 rings (SSSR count). The Hall–Kier alpha value is -2.14. The molecule has 1 atom stereocenters. The molecule has 0 fully saturated rings. The first-order valence-corrected chi connectivity index (χ1v) is 6.37. The number of carboxylic acids is 1. The molecular weight excluding hydrogens is 256 g/mol. The number of hydrogen-bond donors (Lipinski definition) is 2. The van der Waals surface area contributed by atoms with Gasteiger partial charge in [-0.15, -0.1) is 0 Å². The molecule has 1 unspecified atom stereocenters. The molecule has 106 valence electrons. The van der Waals surface area contributed by atoms with Crippen molar-refractivity contribution in [3.8, 4) is 5.69 Å². The van der Waals surface area contributed by atoms with E-state index in [1.165, 1.54) is 4.68 Å². The lowest BCUT2D eigenvalue weighted by atomic mass is 9.92. The van der Waals surface area contributed by atoms with E-state index in [9.17, 15) is 9.90 Å². The number of aliphatic hydroxyl groups is 1. The van der Waals surface area contributed by atoms with Crippen LogP contribution in [-0.4, -0.2) is 26.0 Å². The third-order valence-corrected chi connectivity index (χ3v) is 3.02. The van der Waals surface area contributed by atoms with Crippen LogP contribution in [0.3, 0.4) is 0 Å². The van der Waals surface area contributed by atoms with Gasteiger partial charge in [0.2, 0.25) is 0 Å². The number of benzene rings is 1. The monoisotopic (exact) mass is 274 g/mol. The molecule has 0 amide bonds. The fourth-order valence-corrected chi connectivity index (χ4v) is 1.86. The number of para-hydroxylation sites is 1. The average molecular weight is 274 g/mol. The number of aliphatic hydroxyl groups excluding tert-OH is 1. The minimum atomic E-state index is -1.60. The zero-order chi connectivity index (χ0) is 14.9. The summed E-state index contributed by atoms with van der Waals surface area (Å²) in [7, 11) is 0. The molecule has 2 N–H and O–H groups in total. The number of carboxylic acid groups (broad SMARTS) is 1. The van der Waals surface area contributed by atoms with E-state index in [1.54, 1.807) is 6.07 Å². The molecule has 1 aromatic heterocycles. The van der Waals surface area contributed by atoms with Crippen LogP contribution >= 0.6 is 0 Å². The van der Waals surface area contributed by atoms with Gasteiger partial charge in [0.05, 0.1) is 17.1 Å². The van der Waals surface area contributed by atoms with Crippen LogP contribution in [0, 0.1) is 0 Å². The highest BCUT2D eigenvalue weighted by Crippen LogP contribution is 2.26. The zero-order valence-corrected chi connectivity index (χ0v) is 11.7. The topological polar surface area (TPSA) is 75.3 Å². The highest BCUT2D eigenvalue weighted by Gasteiger charge is 2.26. The molecule has 0 saturated carbocycles. The van der Waals surface area contributed by atoms with Crippen molar-refractivity contribution in [2.24, 2.45) is 0 Å². The number of aliphatic carboxylic acids is 1. The van der Waals surface area contributed by atoms with Crippen molar-refractivity contribution in [3.63, 3.8) is 0 Å². The van der Waals surface area contributed by atoms with E-state index in [2.05, 4.69) is 5.10 Å². The molecule has 1 aromatic carbocycles. The van der Waals surface area contributed by atoms with Gasteiger partial charge >= 0.3 is 5.97 Å². The molecule has 5 nitrogen and oxygen atoms in total. The van der Waals surface area contributed by atoms with E-state index < -0.39 is 12.1 Å². The predicted molar refractivity (Wildman–Crippen MR) is 74.9 cm³/mol. The quantitative estimate of drug-likeness (QED) is 0.900. The van der Waals surface area contributed by atoms with Crippen molar-refractivity contribution in [1.29, 1.82) is 0 Å². The second kappa shape index (κ2) is 5.09. The van der Waals surface area contributed by atoms with Gasteiger partial charge in [-0.25, -0.2) is 9.48 Å². The Morgan fingerprint density at radius 1 is 1.25 bits per heavy atom. The molecule has 0 aliphatic rings. The van der Waals surface area contributed by atoms with E-state index in [-0.39, 0.29) is 11.1 Å². The SMILES string of the molecule is CC(C)(C)c1cc(C(O)C(=O)O)n(-c2ccccc2)n1. The van der Waals surface area contributed by atoms with E-state index in [1.807, 2.05) is 51.1 Å². The van der Waals surface area contributed by atoms with Crippen LogP contribution < -0.4 is 0 Å². The second-order valence-electron chi connectivity index (χ2n) is 5.69. The Labute approximate surface area is 117 Å². The molecule has 1 heterocycles. The number of rotatable bonds is 3. The Bertz CT molecular complexity index is 612. The molecule has 0 saturated heterocycles. The average Bonchev–Trinajstić information content (AvgIpc) is 2.83. The third-order valence-electron chi connectivity index (χ3n) is 3.02. The van der Waals surface area contributed by atoms with Gasteiger partial charge in [0.1, 0.15) is 0 Å². The van der Waals surface area contributed by atoms with Crippen molar-refractivity contribution in [2.45, 2.75) is 32.3 Å². The fraction of sp³-hybridized carbons (Fsp3) is 0.333. The number of aromatic nitrogens is 2. The molecule has 0 bridgehead atoms. The van der Waals surface area contributed by atoms with Gasteiger partial charge in [0.25, 0.3) is 0 Å². The van der Waals surface area contributed by atoms with Gasteiger partial charge in [-0.3, -0.25) is 0 Å². The minimum Gasteiger partial charge on any atom is -0.479 e. The maximum atomic E-state index is 11.1. The normalized spacial score (nSPS) is 13.2. The van der Waals surface area contributed by atoms with Crippen LogP contribution in [0.15, 0.2) is 36.4 Å². The van der Waals surface area contributed by atoms with Crippen molar-refractivity contribution >= 4 is 5.97 Å². The van der Waals surface area contributed by atoms with Gasteiger partial charge in [0.15, 0.2) is 6.10 Å². The number of nitrogens with zero attached hydrogens (tertiary/aromatic N) is 2. The number of carbonyl (C=O) groups is 1. The first-order chi connectivity index (χ1) is 9.30. The van der Waals surface area contributed by atoms with E-state index in [0.717, 1.165) is 11.4 Å². The first-order valence-electron chi connectivity index (χ1n) is 6.37. The van der Waals surface area contributed by atoms with Crippen LogP contribution in [-0.2, 0) is 10.2 Å². The molecule has 0 radical (unpaired) electrons. The Kier molecular flexibility index (Phi) is 3.63. The molecule has 20 heavy (non-hydrogen) atoms. The summed E-state index contributed by atoms with van der Waals surface area (Å²) in [5, 5.41) is 23.3. The van der Waals surface area contributed by atoms with Crippen LogP contribution in [0.4, 0.5) is 0 Å². The van der Waals surface area contributed by atoms with Crippen LogP contribution in [0.5, 0.6) is 0 Å². The summed E-state index contributed by atoms with van der Waals surface area (Å²) in [6, 6.07) is 10.8. The predicted octanol–water partition coefficient (Wildman–Crippen LogP) is 2.29. The molecule has 2 aromatic rings. The lowest BCUT2D eigenvalue weighted by molar-refractivity contribution is -0.147. The Morgan fingerprint density at radius 3 is 2.35 bits per heavy atom. The van der Waals surface area contributed by atoms with E-state index >= 15 is 0 Å². The highest BCUT2D eigenvalue weighted by molar-refractivity contribution is 5.73. The molecule has 5 heteroatoms. The zero-order valence-electron chi connectivity index (χ0n) is 11.7. The van der Waals surface area contributed by atoms with Gasteiger partial charge in [-0.1, -0.05) is 39.0 Å². The summed E-state index contributed by atoms with van der Waals surface area (Å²) in [4.78, 5) is 11.1. The van der Waals surface area contributed by atoms with E-state index in [4.69, 9.17) is 5.11 Å². The van der Waals surface area contributed by atoms with Gasteiger partial charge in [-0.2, -0.15) is 5.10 Å². The third kappa shape index (κ3) is 2.72. The summed E-state index contributed by atoms with van der Waals surface area (Å²) in [6.07, 6.45) is -1.60. The standard InChI is InChI=1S/C15H18N2O3/c1-15(2,3)12-9-11(13(18)14(19)20)17(16-12)10-7-5-4-6-8-10/h4-9,13,18H,1-3H3,(H,19,20). The van der Waals surface area contributed by atoms with Crippen molar-refractivity contribution < 1.29 is 15.0 Å². The summed E-state index contributed by atoms with van der Waals surface area (Å²) >= 11 is 0. The van der Waals surface area contributed by atoms with Gasteiger partial charge in [-0.05, 0) is 18.2 Å². The number of hydrogen-bond acceptors (Lipinski definition) is 3. The lowest BCUT2D eigenvalue weighted by Crippen LogP contribution is -2.15. The Morgan fingerprint density at radius 2 is 1.85 bits per heavy atom. The summed E-state index contributed by atoms with van der Waals surface area (Å²) in [6.45, 7) is 5.96. The minimum absolute atomic E-state index is 0.229. The second-order valence-corrected chi connectivity index (χ2v) is 5.69. The van der Waals surface area contributed by atoms with Crippen molar-refractivity contribution in [1.82, 2.24) is 9.78 Å². The largest absolute Gasteiger partial charge is 0.479 e. The molecule has 0 aliphatic heterocycles. The maximum absolute atomic E-state index is 11.1. The molecule has 0 spiro atoms. The Balaban J connectivity index is 2.60. The van der Waals surface area contributed by atoms with Crippen LogP contribution in [0.1, 0.15) is 38.3 Å². The van der Waals surface area contributed by atoms with Crippen molar-refractivity contribution in [2.75, 3.05) is 0 Å². The lowest BCUT2D eigenvalue weighted by Gasteiger charge is -2.14. The first kappa shape index (κ1) is 14.3. The van der Waals surface area contributed by atoms with Crippen LogP contribution in [0.25, 0.3) is 5.69 Å². The summed E-state index contributed by atoms with van der Waals surface area (Å²) in [5.41, 5.74) is 1.48. The molecule has 0 aliphatic carbocycles. The van der Waals surface area contributed by atoms with Crippen LogP contribution in [0.2, 0.25) is 0 Å². The highest BCUT2D eigenvalue weighted by atomic mass is 16.4. The maximum Gasteiger partial charge on any atom is 0.338 e. The molecular formula is C15H18N2O3. The van der Waals surface area contributed by atoms with Crippen molar-refractivity contribution in [3.05, 3.63) is 47.8 Å². The summed E-state index contributed by atoms with van der Waals surface area (Å²) < 4.78 is 1.49. The summed E-state index contributed by atoms with van der Waals surface area (Å²) in [5.74, 6) is -1.29. The van der Waals surface area contributed by atoms with Gasteiger partial charge in [0, 0.05) is 5.41 Å². The van der Waals surface area contributed by atoms with Gasteiger partial charge < -0.3 is 10.2 Å².